The normalized spacial score (nSPS) is 10.4. The van der Waals surface area contributed by atoms with Crippen LogP contribution in [0.4, 0.5) is 0 Å². The Balaban J connectivity index is 2.30. The lowest BCUT2D eigenvalue weighted by Gasteiger charge is -2.05. The molecule has 0 aliphatic rings. The van der Waals surface area contributed by atoms with Crippen LogP contribution in [-0.2, 0) is 6.42 Å². The molecule has 1 heterocycles. The summed E-state index contributed by atoms with van der Waals surface area (Å²) in [6.07, 6.45) is 0.768. The van der Waals surface area contributed by atoms with Crippen molar-refractivity contribution in [3.63, 3.8) is 0 Å². The molecule has 0 aliphatic heterocycles. The van der Waals surface area contributed by atoms with E-state index in [1.807, 2.05) is 38.1 Å². The minimum absolute atomic E-state index is 0.768. The third-order valence-electron chi connectivity index (χ3n) is 2.33. The van der Waals surface area contributed by atoms with E-state index < -0.39 is 0 Å². The Morgan fingerprint density at radius 2 is 1.69 bits per heavy atom. The first-order valence-electron chi connectivity index (χ1n) is 5.20. The molecule has 0 atom stereocenters. The summed E-state index contributed by atoms with van der Waals surface area (Å²) in [7, 11) is 0. The number of hydrogen-bond acceptors (Lipinski definition) is 2. The molecule has 0 saturated carbocycles. The Hall–Kier alpha value is -1.22. The molecule has 0 spiro atoms. The molecule has 2 rings (SSSR count). The summed E-state index contributed by atoms with van der Waals surface area (Å²) < 4.78 is 1.11. The molecule has 0 amide bonds. The van der Waals surface area contributed by atoms with Gasteiger partial charge in [0, 0.05) is 22.3 Å². The van der Waals surface area contributed by atoms with Gasteiger partial charge < -0.3 is 0 Å². The number of nitrogens with zero attached hydrogens (tertiary/aromatic N) is 2. The molecule has 0 radical (unpaired) electrons. The molecular weight excluding hydrogens is 264 g/mol. The van der Waals surface area contributed by atoms with Crippen molar-refractivity contribution >= 4 is 15.9 Å². The molecule has 1 aromatic carbocycles. The third-order valence-corrected chi connectivity index (χ3v) is 3.11. The summed E-state index contributed by atoms with van der Waals surface area (Å²) in [6, 6.07) is 10.2. The molecular formula is C13H13BrN2. The molecule has 0 saturated heterocycles. The van der Waals surface area contributed by atoms with Crippen LogP contribution < -0.4 is 0 Å². The average Bonchev–Trinajstić information content (AvgIpc) is 2.20. The highest BCUT2D eigenvalue weighted by Gasteiger charge is 2.04. The number of benzene rings is 1. The summed E-state index contributed by atoms with van der Waals surface area (Å²) in [5.74, 6) is 0.879. The molecule has 0 N–H and O–H groups in total. The van der Waals surface area contributed by atoms with Gasteiger partial charge in [-0.25, -0.2) is 9.97 Å². The number of aryl methyl sites for hydroxylation is 2. The molecule has 1 aromatic heterocycles. The first kappa shape index (κ1) is 11.3. The Labute approximate surface area is 104 Å². The zero-order valence-electron chi connectivity index (χ0n) is 9.37. The Bertz CT molecular complexity index is 489. The predicted molar refractivity (Wildman–Crippen MR) is 68.5 cm³/mol. The molecule has 3 heteroatoms. The van der Waals surface area contributed by atoms with Crippen LogP contribution in [0.5, 0.6) is 0 Å². The van der Waals surface area contributed by atoms with Gasteiger partial charge in [-0.2, -0.15) is 0 Å². The van der Waals surface area contributed by atoms with Gasteiger partial charge in [0.25, 0.3) is 0 Å². The van der Waals surface area contributed by atoms with Crippen LogP contribution >= 0.6 is 15.9 Å². The van der Waals surface area contributed by atoms with Crippen LogP contribution in [0.2, 0.25) is 0 Å². The van der Waals surface area contributed by atoms with E-state index in [2.05, 4.69) is 32.0 Å². The molecule has 16 heavy (non-hydrogen) atoms. The van der Waals surface area contributed by atoms with Crippen molar-refractivity contribution in [2.24, 2.45) is 0 Å². The standard InChI is InChI=1S/C13H13BrN2/c1-9-7-10(2)16-13(15-9)8-11-5-3-4-6-12(11)14/h3-7H,8H2,1-2H3. The van der Waals surface area contributed by atoms with Gasteiger partial charge in [-0.05, 0) is 31.5 Å². The van der Waals surface area contributed by atoms with E-state index in [0.29, 0.717) is 0 Å². The topological polar surface area (TPSA) is 25.8 Å². The fraction of sp³-hybridized carbons (Fsp3) is 0.231. The second kappa shape index (κ2) is 4.74. The largest absolute Gasteiger partial charge is 0.238 e. The highest BCUT2D eigenvalue weighted by Crippen LogP contribution is 2.18. The lowest BCUT2D eigenvalue weighted by atomic mass is 10.1. The smallest absolute Gasteiger partial charge is 0.133 e. The van der Waals surface area contributed by atoms with E-state index in [-0.39, 0.29) is 0 Å². The van der Waals surface area contributed by atoms with Crippen molar-refractivity contribution in [2.75, 3.05) is 0 Å². The van der Waals surface area contributed by atoms with Gasteiger partial charge in [0.15, 0.2) is 0 Å². The van der Waals surface area contributed by atoms with E-state index >= 15 is 0 Å². The Kier molecular flexibility index (Phi) is 3.34. The van der Waals surface area contributed by atoms with Gasteiger partial charge in [-0.3, -0.25) is 0 Å². The van der Waals surface area contributed by atoms with Crippen molar-refractivity contribution in [1.29, 1.82) is 0 Å². The molecule has 0 unspecified atom stereocenters. The van der Waals surface area contributed by atoms with Gasteiger partial charge in [-0.15, -0.1) is 0 Å². The number of rotatable bonds is 2. The highest BCUT2D eigenvalue weighted by molar-refractivity contribution is 9.10. The SMILES string of the molecule is Cc1cc(C)nc(Cc2ccccc2Br)n1. The molecule has 0 bridgehead atoms. The maximum Gasteiger partial charge on any atom is 0.133 e. The van der Waals surface area contributed by atoms with E-state index in [4.69, 9.17) is 0 Å². The maximum atomic E-state index is 4.44. The summed E-state index contributed by atoms with van der Waals surface area (Å²) in [4.78, 5) is 8.88. The maximum absolute atomic E-state index is 4.44. The number of halogens is 1. The van der Waals surface area contributed by atoms with E-state index in [0.717, 1.165) is 28.1 Å². The Morgan fingerprint density at radius 1 is 1.06 bits per heavy atom. The molecule has 0 aliphatic carbocycles. The van der Waals surface area contributed by atoms with E-state index in [1.165, 1.54) is 5.56 Å². The fourth-order valence-electron chi connectivity index (χ4n) is 1.69. The lowest BCUT2D eigenvalue weighted by molar-refractivity contribution is 0.916. The summed E-state index contributed by atoms with van der Waals surface area (Å²) >= 11 is 3.54. The van der Waals surface area contributed by atoms with Crippen molar-refractivity contribution in [3.05, 3.63) is 57.6 Å². The van der Waals surface area contributed by atoms with Gasteiger partial charge in [0.2, 0.25) is 0 Å². The zero-order chi connectivity index (χ0) is 11.5. The van der Waals surface area contributed by atoms with Crippen molar-refractivity contribution in [1.82, 2.24) is 9.97 Å². The first-order valence-corrected chi connectivity index (χ1v) is 5.99. The van der Waals surface area contributed by atoms with Crippen molar-refractivity contribution in [3.8, 4) is 0 Å². The van der Waals surface area contributed by atoms with Gasteiger partial charge in [-0.1, -0.05) is 34.1 Å². The first-order chi connectivity index (χ1) is 7.65. The summed E-state index contributed by atoms with van der Waals surface area (Å²) in [5.41, 5.74) is 3.26. The summed E-state index contributed by atoms with van der Waals surface area (Å²) in [5, 5.41) is 0. The van der Waals surface area contributed by atoms with E-state index in [1.54, 1.807) is 0 Å². The number of aromatic nitrogens is 2. The quantitative estimate of drug-likeness (QED) is 0.840. The Morgan fingerprint density at radius 3 is 2.31 bits per heavy atom. The molecule has 0 fully saturated rings. The van der Waals surface area contributed by atoms with E-state index in [9.17, 15) is 0 Å². The average molecular weight is 277 g/mol. The monoisotopic (exact) mass is 276 g/mol. The van der Waals surface area contributed by atoms with Gasteiger partial charge in [0.1, 0.15) is 5.82 Å². The fourth-order valence-corrected chi connectivity index (χ4v) is 2.12. The van der Waals surface area contributed by atoms with Crippen molar-refractivity contribution < 1.29 is 0 Å². The predicted octanol–water partition coefficient (Wildman–Crippen LogP) is 3.45. The second-order valence-electron chi connectivity index (χ2n) is 3.84. The highest BCUT2D eigenvalue weighted by atomic mass is 79.9. The minimum Gasteiger partial charge on any atom is -0.238 e. The van der Waals surface area contributed by atoms with Crippen LogP contribution in [0, 0.1) is 13.8 Å². The van der Waals surface area contributed by atoms with Gasteiger partial charge >= 0.3 is 0 Å². The number of hydrogen-bond donors (Lipinski definition) is 0. The molecule has 82 valence electrons. The van der Waals surface area contributed by atoms with Crippen LogP contribution in [0.3, 0.4) is 0 Å². The summed E-state index contributed by atoms with van der Waals surface area (Å²) in [6.45, 7) is 4.00. The minimum atomic E-state index is 0.768. The zero-order valence-corrected chi connectivity index (χ0v) is 11.0. The van der Waals surface area contributed by atoms with Crippen LogP contribution in [0.25, 0.3) is 0 Å². The lowest BCUT2D eigenvalue weighted by Crippen LogP contribution is -2.00. The van der Waals surface area contributed by atoms with Crippen molar-refractivity contribution in [2.45, 2.75) is 20.3 Å². The van der Waals surface area contributed by atoms with Gasteiger partial charge in [0.05, 0.1) is 0 Å². The van der Waals surface area contributed by atoms with Crippen LogP contribution in [-0.4, -0.2) is 9.97 Å². The third kappa shape index (κ3) is 2.67. The van der Waals surface area contributed by atoms with Crippen LogP contribution in [0.1, 0.15) is 22.8 Å². The molecule has 2 aromatic rings. The van der Waals surface area contributed by atoms with Crippen LogP contribution in [0.15, 0.2) is 34.8 Å². The second-order valence-corrected chi connectivity index (χ2v) is 4.69. The molecule has 2 nitrogen and oxygen atoms in total.